The fraction of sp³-hybridized carbons (Fsp3) is 0.467. The lowest BCUT2D eigenvalue weighted by atomic mass is 10.1. The van der Waals surface area contributed by atoms with Gasteiger partial charge in [-0.1, -0.05) is 0 Å². The molecule has 0 unspecified atom stereocenters. The third-order valence-corrected chi connectivity index (χ3v) is 3.89. The van der Waals surface area contributed by atoms with Crippen LogP contribution in [0.25, 0.3) is 11.7 Å². The van der Waals surface area contributed by atoms with Crippen molar-refractivity contribution in [2.45, 2.75) is 19.4 Å². The van der Waals surface area contributed by atoms with Gasteiger partial charge in [-0.15, -0.1) is 0 Å². The quantitative estimate of drug-likeness (QED) is 0.854. The number of furan rings is 1. The Bertz CT molecular complexity index is 625. The number of rotatable bonds is 4. The molecule has 1 aliphatic heterocycles. The molecule has 1 amide bonds. The molecule has 1 fully saturated rings. The van der Waals surface area contributed by atoms with Gasteiger partial charge < -0.3 is 18.6 Å². The molecule has 6 nitrogen and oxygen atoms in total. The number of carbonyl (C=O) groups excluding carboxylic acids is 1. The van der Waals surface area contributed by atoms with Gasteiger partial charge in [0, 0.05) is 19.1 Å². The monoisotopic (exact) mass is 289 g/mol. The van der Waals surface area contributed by atoms with Crippen LogP contribution in [0.5, 0.6) is 0 Å². The third kappa shape index (κ3) is 2.71. The van der Waals surface area contributed by atoms with Gasteiger partial charge in [-0.05, 0) is 33.2 Å². The number of aryl methyl sites for hydroxylation is 1. The molecule has 2 aromatic heterocycles. The molecule has 0 spiro atoms. The number of amides is 1. The predicted octanol–water partition coefficient (Wildman–Crippen LogP) is 1.56. The van der Waals surface area contributed by atoms with Crippen LogP contribution in [0.15, 0.2) is 27.2 Å². The smallest absolute Gasteiger partial charge is 0.263 e. The maximum Gasteiger partial charge on any atom is 0.263 e. The Kier molecular flexibility index (Phi) is 3.55. The lowest BCUT2D eigenvalue weighted by Crippen LogP contribution is -2.59. The fourth-order valence-electron chi connectivity index (χ4n) is 2.34. The molecule has 112 valence electrons. The summed E-state index contributed by atoms with van der Waals surface area (Å²) < 4.78 is 10.8. The van der Waals surface area contributed by atoms with Crippen molar-refractivity contribution in [3.05, 3.63) is 29.9 Å². The molecule has 0 atom stereocenters. The number of carbonyl (C=O) groups is 1. The van der Waals surface area contributed by atoms with Crippen molar-refractivity contribution < 1.29 is 13.6 Å². The van der Waals surface area contributed by atoms with E-state index in [1.807, 2.05) is 25.9 Å². The lowest BCUT2D eigenvalue weighted by molar-refractivity contribution is -0.137. The van der Waals surface area contributed by atoms with Crippen molar-refractivity contribution in [1.29, 1.82) is 0 Å². The van der Waals surface area contributed by atoms with Gasteiger partial charge in [0.1, 0.15) is 5.76 Å². The zero-order valence-electron chi connectivity index (χ0n) is 12.5. The van der Waals surface area contributed by atoms with Crippen molar-refractivity contribution in [2.24, 2.45) is 0 Å². The Hall–Kier alpha value is -2.08. The zero-order chi connectivity index (χ0) is 15.0. The molecular formula is C15H19N3O3. The summed E-state index contributed by atoms with van der Waals surface area (Å²) >= 11 is 0. The van der Waals surface area contributed by atoms with Gasteiger partial charge in [0.15, 0.2) is 5.76 Å². The molecule has 1 saturated heterocycles. The number of likely N-dealkylation sites (N-methyl/N-ethyl adjacent to an activating group) is 1. The first kappa shape index (κ1) is 13.9. The Morgan fingerprint density at radius 1 is 1.48 bits per heavy atom. The Morgan fingerprint density at radius 3 is 2.86 bits per heavy atom. The first-order chi connectivity index (χ1) is 10.0. The first-order valence-corrected chi connectivity index (χ1v) is 6.99. The van der Waals surface area contributed by atoms with E-state index in [1.54, 1.807) is 18.4 Å². The van der Waals surface area contributed by atoms with Crippen LogP contribution in [-0.4, -0.2) is 53.9 Å². The van der Waals surface area contributed by atoms with E-state index in [2.05, 4.69) is 9.88 Å². The third-order valence-electron chi connectivity index (χ3n) is 3.89. The molecule has 21 heavy (non-hydrogen) atoms. The average Bonchev–Trinajstić information content (AvgIpc) is 2.97. The fourth-order valence-corrected chi connectivity index (χ4v) is 2.34. The molecule has 0 aliphatic carbocycles. The van der Waals surface area contributed by atoms with E-state index in [9.17, 15) is 4.79 Å². The average molecular weight is 289 g/mol. The van der Waals surface area contributed by atoms with Gasteiger partial charge in [0.05, 0.1) is 18.4 Å². The molecule has 3 heterocycles. The highest BCUT2D eigenvalue weighted by Gasteiger charge is 2.32. The summed E-state index contributed by atoms with van der Waals surface area (Å²) in [5.74, 6) is 1.76. The Morgan fingerprint density at radius 2 is 2.24 bits per heavy atom. The number of aromatic nitrogens is 1. The van der Waals surface area contributed by atoms with Crippen molar-refractivity contribution in [2.75, 3.05) is 27.2 Å². The molecular weight excluding hydrogens is 270 g/mol. The molecule has 0 bridgehead atoms. The molecule has 6 heteroatoms. The number of nitrogens with zero attached hydrogens (tertiary/aromatic N) is 3. The van der Waals surface area contributed by atoms with Crippen molar-refractivity contribution in [3.8, 4) is 11.7 Å². The topological polar surface area (TPSA) is 62.7 Å². The van der Waals surface area contributed by atoms with Crippen molar-refractivity contribution >= 4 is 5.91 Å². The lowest BCUT2D eigenvalue weighted by Gasteiger charge is -2.42. The highest BCUT2D eigenvalue weighted by molar-refractivity contribution is 5.79. The van der Waals surface area contributed by atoms with Gasteiger partial charge in [0.2, 0.25) is 5.91 Å². The Balaban J connectivity index is 1.65. The number of hydrogen-bond donors (Lipinski definition) is 0. The summed E-state index contributed by atoms with van der Waals surface area (Å²) in [6.45, 7) is 3.39. The van der Waals surface area contributed by atoms with Crippen LogP contribution in [0.2, 0.25) is 0 Å². The SMILES string of the molecule is Cc1oc(-c2ccco2)nc1CC(=O)N1CC(N(C)C)C1. The Labute approximate surface area is 123 Å². The maximum absolute atomic E-state index is 12.2. The number of likely N-dealkylation sites (tertiary alicyclic amines) is 1. The van der Waals surface area contributed by atoms with Crippen molar-refractivity contribution in [1.82, 2.24) is 14.8 Å². The molecule has 0 aromatic carbocycles. The van der Waals surface area contributed by atoms with Crippen LogP contribution in [0.4, 0.5) is 0 Å². The predicted molar refractivity (Wildman–Crippen MR) is 76.7 cm³/mol. The minimum atomic E-state index is 0.0931. The molecule has 0 saturated carbocycles. The normalized spacial score (nSPS) is 15.5. The molecule has 0 N–H and O–H groups in total. The molecule has 0 radical (unpaired) electrons. The van der Waals surface area contributed by atoms with Crippen LogP contribution < -0.4 is 0 Å². The summed E-state index contributed by atoms with van der Waals surface area (Å²) in [6.07, 6.45) is 1.84. The highest BCUT2D eigenvalue weighted by Crippen LogP contribution is 2.23. The van der Waals surface area contributed by atoms with E-state index < -0.39 is 0 Å². The second kappa shape index (κ2) is 5.37. The van der Waals surface area contributed by atoms with Gasteiger partial charge in [0.25, 0.3) is 5.89 Å². The second-order valence-electron chi connectivity index (χ2n) is 5.59. The van der Waals surface area contributed by atoms with Gasteiger partial charge in [-0.3, -0.25) is 4.79 Å². The van der Waals surface area contributed by atoms with Gasteiger partial charge in [-0.2, -0.15) is 0 Å². The molecule has 3 rings (SSSR count). The van der Waals surface area contributed by atoms with Crippen LogP contribution in [0.1, 0.15) is 11.5 Å². The summed E-state index contributed by atoms with van der Waals surface area (Å²) in [5, 5.41) is 0. The minimum Gasteiger partial charge on any atom is -0.459 e. The highest BCUT2D eigenvalue weighted by atomic mass is 16.4. The van der Waals surface area contributed by atoms with Gasteiger partial charge in [-0.25, -0.2) is 4.98 Å². The summed E-state index contributed by atoms with van der Waals surface area (Å²) in [4.78, 5) is 20.6. The van der Waals surface area contributed by atoms with Crippen molar-refractivity contribution in [3.63, 3.8) is 0 Å². The van der Waals surface area contributed by atoms with Crippen LogP contribution in [0, 0.1) is 6.92 Å². The summed E-state index contributed by atoms with van der Waals surface area (Å²) in [6, 6.07) is 4.03. The number of hydrogen-bond acceptors (Lipinski definition) is 5. The minimum absolute atomic E-state index is 0.0931. The van der Waals surface area contributed by atoms with Crippen LogP contribution in [0.3, 0.4) is 0 Å². The van der Waals surface area contributed by atoms with E-state index >= 15 is 0 Å². The summed E-state index contributed by atoms with van der Waals surface area (Å²) in [7, 11) is 4.06. The number of oxazole rings is 1. The van der Waals surface area contributed by atoms with E-state index in [4.69, 9.17) is 8.83 Å². The largest absolute Gasteiger partial charge is 0.459 e. The van der Waals surface area contributed by atoms with E-state index in [0.717, 1.165) is 13.1 Å². The molecule has 1 aliphatic rings. The second-order valence-corrected chi connectivity index (χ2v) is 5.59. The first-order valence-electron chi connectivity index (χ1n) is 6.99. The standard InChI is InChI=1S/C15H19N3O3/c1-10-12(16-15(21-10)13-5-4-6-20-13)7-14(19)18-8-11(9-18)17(2)3/h4-6,11H,7-9H2,1-3H3. The maximum atomic E-state index is 12.2. The summed E-state index contributed by atoms with van der Waals surface area (Å²) in [5.41, 5.74) is 0.680. The zero-order valence-corrected chi connectivity index (χ0v) is 12.5. The molecule has 2 aromatic rings. The van der Waals surface area contributed by atoms with Gasteiger partial charge >= 0.3 is 0 Å². The van der Waals surface area contributed by atoms with Crippen LogP contribution >= 0.6 is 0 Å². The van der Waals surface area contributed by atoms with E-state index in [0.29, 0.717) is 29.1 Å². The van der Waals surface area contributed by atoms with E-state index in [1.165, 1.54) is 0 Å². The van der Waals surface area contributed by atoms with Crippen LogP contribution in [-0.2, 0) is 11.2 Å². The van der Waals surface area contributed by atoms with E-state index in [-0.39, 0.29) is 12.3 Å².